The molecule has 5 nitrogen and oxygen atoms in total. The second-order valence-electron chi connectivity index (χ2n) is 3.98. The predicted octanol–water partition coefficient (Wildman–Crippen LogP) is 2.37. The van der Waals surface area contributed by atoms with Crippen molar-refractivity contribution in [2.75, 3.05) is 0 Å². The molecule has 1 aromatic heterocycles. The van der Waals surface area contributed by atoms with Gasteiger partial charge in [0.15, 0.2) is 0 Å². The van der Waals surface area contributed by atoms with Gasteiger partial charge in [-0.15, -0.1) is 0 Å². The van der Waals surface area contributed by atoms with Gasteiger partial charge in [-0.3, -0.25) is 0 Å². The van der Waals surface area contributed by atoms with Gasteiger partial charge in [0.2, 0.25) is 5.88 Å². The number of aryl methyl sites for hydroxylation is 1. The minimum Gasteiger partial charge on any atom is -0.477 e. The maximum atomic E-state index is 11.2. The second-order valence-corrected chi connectivity index (χ2v) is 3.98. The number of hydrogen-bond donors (Lipinski definition) is 2. The summed E-state index contributed by atoms with van der Waals surface area (Å²) in [6.07, 6.45) is 1.48. The summed E-state index contributed by atoms with van der Waals surface area (Å²) >= 11 is 0. The number of ether oxygens (including phenoxy) is 1. The first kappa shape index (κ1) is 13.0. The summed E-state index contributed by atoms with van der Waals surface area (Å²) in [5.41, 5.74) is 1.16. The molecule has 0 bridgehead atoms. The van der Waals surface area contributed by atoms with Crippen molar-refractivity contribution < 1.29 is 19.7 Å². The van der Waals surface area contributed by atoms with Crippen molar-refractivity contribution in [3.05, 3.63) is 53.2 Å². The number of pyridine rings is 1. The number of benzene rings is 1. The van der Waals surface area contributed by atoms with Crippen LogP contribution in [0, 0.1) is 6.92 Å². The minimum atomic E-state index is -1.10. The van der Waals surface area contributed by atoms with E-state index < -0.39 is 5.97 Å². The lowest BCUT2D eigenvalue weighted by molar-refractivity contribution is 0.0692. The summed E-state index contributed by atoms with van der Waals surface area (Å²) in [5, 5.41) is 18.4. The number of aliphatic hydroxyl groups is 1. The van der Waals surface area contributed by atoms with E-state index in [9.17, 15) is 15.0 Å². The van der Waals surface area contributed by atoms with E-state index in [2.05, 4.69) is 4.98 Å². The monoisotopic (exact) mass is 259 g/mol. The van der Waals surface area contributed by atoms with Gasteiger partial charge in [-0.2, -0.15) is 0 Å². The van der Waals surface area contributed by atoms with Crippen LogP contribution in [0.3, 0.4) is 0 Å². The van der Waals surface area contributed by atoms with Gasteiger partial charge in [0.1, 0.15) is 11.3 Å². The Morgan fingerprint density at radius 1 is 1.32 bits per heavy atom. The Morgan fingerprint density at radius 3 is 2.74 bits per heavy atom. The van der Waals surface area contributed by atoms with Crippen LogP contribution < -0.4 is 4.74 Å². The molecule has 0 aliphatic rings. The number of para-hydroxylation sites is 1. The Bertz CT molecular complexity index is 610. The molecule has 2 N–H and O–H groups in total. The van der Waals surface area contributed by atoms with Crippen LogP contribution in [0.1, 0.15) is 21.5 Å². The van der Waals surface area contributed by atoms with E-state index in [0.29, 0.717) is 16.9 Å². The van der Waals surface area contributed by atoms with Crippen LogP contribution >= 0.6 is 0 Å². The Morgan fingerprint density at radius 2 is 2.05 bits per heavy atom. The van der Waals surface area contributed by atoms with Gasteiger partial charge >= 0.3 is 5.97 Å². The van der Waals surface area contributed by atoms with Gasteiger partial charge in [0.05, 0.1) is 6.61 Å². The first-order valence-electron chi connectivity index (χ1n) is 5.69. The second kappa shape index (κ2) is 5.49. The maximum absolute atomic E-state index is 11.2. The lowest BCUT2D eigenvalue weighted by atomic mass is 10.1. The number of carboxylic acid groups (broad SMARTS) is 1. The van der Waals surface area contributed by atoms with Crippen LogP contribution in [-0.2, 0) is 6.61 Å². The molecule has 19 heavy (non-hydrogen) atoms. The van der Waals surface area contributed by atoms with Gasteiger partial charge in [0, 0.05) is 11.8 Å². The normalized spacial score (nSPS) is 10.2. The van der Waals surface area contributed by atoms with E-state index in [4.69, 9.17) is 4.74 Å². The number of carbonyl (C=O) groups is 1. The van der Waals surface area contributed by atoms with Crippen molar-refractivity contribution in [2.24, 2.45) is 0 Å². The smallest absolute Gasteiger partial charge is 0.341 e. The third kappa shape index (κ3) is 2.71. The molecule has 5 heteroatoms. The van der Waals surface area contributed by atoms with Gasteiger partial charge < -0.3 is 14.9 Å². The molecule has 0 aliphatic heterocycles. The zero-order chi connectivity index (χ0) is 13.8. The third-order valence-corrected chi connectivity index (χ3v) is 2.69. The molecule has 2 rings (SSSR count). The Hall–Kier alpha value is -2.40. The SMILES string of the molecule is Cc1ccnc(Oc2ccccc2CO)c1C(=O)O. The topological polar surface area (TPSA) is 79.7 Å². The summed E-state index contributed by atoms with van der Waals surface area (Å²) < 4.78 is 5.52. The molecule has 1 heterocycles. The first-order valence-corrected chi connectivity index (χ1v) is 5.69. The zero-order valence-corrected chi connectivity index (χ0v) is 10.3. The lowest BCUT2D eigenvalue weighted by Crippen LogP contribution is -2.05. The quantitative estimate of drug-likeness (QED) is 0.881. The Balaban J connectivity index is 2.44. The predicted molar refractivity (Wildman–Crippen MR) is 68.4 cm³/mol. The number of nitrogens with zero attached hydrogens (tertiary/aromatic N) is 1. The van der Waals surface area contributed by atoms with Gasteiger partial charge in [-0.05, 0) is 24.6 Å². The highest BCUT2D eigenvalue weighted by atomic mass is 16.5. The highest BCUT2D eigenvalue weighted by Crippen LogP contribution is 2.27. The molecule has 0 saturated heterocycles. The van der Waals surface area contributed by atoms with Crippen LogP contribution in [0.15, 0.2) is 36.5 Å². The number of aromatic nitrogens is 1. The molecule has 0 saturated carbocycles. The molecule has 1 aromatic carbocycles. The van der Waals surface area contributed by atoms with Crippen molar-refractivity contribution in [1.82, 2.24) is 4.98 Å². The molecule has 0 unspecified atom stereocenters. The first-order chi connectivity index (χ1) is 9.13. The fourth-order valence-corrected chi connectivity index (χ4v) is 1.71. The molecule has 0 aliphatic carbocycles. The van der Waals surface area contributed by atoms with Crippen molar-refractivity contribution in [3.8, 4) is 11.6 Å². The van der Waals surface area contributed by atoms with E-state index in [1.165, 1.54) is 6.20 Å². The molecular weight excluding hydrogens is 246 g/mol. The fraction of sp³-hybridized carbons (Fsp3) is 0.143. The molecular formula is C14H13NO4. The van der Waals surface area contributed by atoms with Crippen LogP contribution in [0.4, 0.5) is 0 Å². The summed E-state index contributed by atoms with van der Waals surface area (Å²) in [6, 6.07) is 8.46. The van der Waals surface area contributed by atoms with E-state index in [0.717, 1.165) is 0 Å². The average molecular weight is 259 g/mol. The highest BCUT2D eigenvalue weighted by Gasteiger charge is 2.17. The molecule has 98 valence electrons. The van der Waals surface area contributed by atoms with E-state index >= 15 is 0 Å². The molecule has 0 atom stereocenters. The molecule has 0 radical (unpaired) electrons. The lowest BCUT2D eigenvalue weighted by Gasteiger charge is -2.11. The number of carboxylic acids is 1. The number of hydrogen-bond acceptors (Lipinski definition) is 4. The maximum Gasteiger partial charge on any atom is 0.341 e. The van der Waals surface area contributed by atoms with Crippen molar-refractivity contribution in [1.29, 1.82) is 0 Å². The van der Waals surface area contributed by atoms with Crippen LogP contribution in [0.25, 0.3) is 0 Å². The van der Waals surface area contributed by atoms with E-state index in [-0.39, 0.29) is 18.1 Å². The van der Waals surface area contributed by atoms with Crippen molar-refractivity contribution in [2.45, 2.75) is 13.5 Å². The van der Waals surface area contributed by atoms with Crippen molar-refractivity contribution in [3.63, 3.8) is 0 Å². The van der Waals surface area contributed by atoms with Crippen LogP contribution in [0.5, 0.6) is 11.6 Å². The van der Waals surface area contributed by atoms with Gasteiger partial charge in [-0.1, -0.05) is 18.2 Å². The average Bonchev–Trinajstić information content (AvgIpc) is 2.39. The summed E-state index contributed by atoms with van der Waals surface area (Å²) in [4.78, 5) is 15.2. The van der Waals surface area contributed by atoms with E-state index in [1.54, 1.807) is 37.3 Å². The molecule has 2 aromatic rings. The molecule has 0 amide bonds. The standard InChI is InChI=1S/C14H13NO4/c1-9-6-7-15-13(12(9)14(17)18)19-11-5-3-2-4-10(11)8-16/h2-7,16H,8H2,1H3,(H,17,18). The van der Waals surface area contributed by atoms with Crippen molar-refractivity contribution >= 4 is 5.97 Å². The number of rotatable bonds is 4. The van der Waals surface area contributed by atoms with E-state index in [1.807, 2.05) is 0 Å². The number of aromatic carboxylic acids is 1. The Labute approximate surface area is 110 Å². The molecule has 0 spiro atoms. The van der Waals surface area contributed by atoms with Crippen LogP contribution in [0.2, 0.25) is 0 Å². The fourth-order valence-electron chi connectivity index (χ4n) is 1.71. The van der Waals surface area contributed by atoms with Gasteiger partial charge in [-0.25, -0.2) is 9.78 Å². The Kier molecular flexibility index (Phi) is 3.77. The summed E-state index contributed by atoms with van der Waals surface area (Å²) in [6.45, 7) is 1.49. The van der Waals surface area contributed by atoms with Crippen LogP contribution in [-0.4, -0.2) is 21.2 Å². The largest absolute Gasteiger partial charge is 0.477 e. The highest BCUT2D eigenvalue weighted by molar-refractivity contribution is 5.91. The summed E-state index contributed by atoms with van der Waals surface area (Å²) in [5.74, 6) is -0.680. The summed E-state index contributed by atoms with van der Waals surface area (Å²) in [7, 11) is 0. The third-order valence-electron chi connectivity index (χ3n) is 2.69. The zero-order valence-electron chi connectivity index (χ0n) is 10.3. The number of aliphatic hydroxyl groups excluding tert-OH is 1. The minimum absolute atomic E-state index is 0.0217. The molecule has 0 fully saturated rings. The van der Waals surface area contributed by atoms with Gasteiger partial charge in [0.25, 0.3) is 0 Å².